The molecule has 1 atom stereocenters. The van der Waals surface area contributed by atoms with E-state index >= 15 is 0 Å². The van der Waals surface area contributed by atoms with Gasteiger partial charge >= 0.3 is 6.03 Å². The summed E-state index contributed by atoms with van der Waals surface area (Å²) in [6.07, 6.45) is 2.19. The van der Waals surface area contributed by atoms with Gasteiger partial charge in [0, 0.05) is 11.3 Å². The first-order chi connectivity index (χ1) is 11.6. The van der Waals surface area contributed by atoms with Crippen molar-refractivity contribution in [2.75, 3.05) is 11.5 Å². The van der Waals surface area contributed by atoms with Crippen molar-refractivity contribution in [1.29, 1.82) is 0 Å². The highest BCUT2D eigenvalue weighted by atomic mass is 32.2. The summed E-state index contributed by atoms with van der Waals surface area (Å²) in [4.78, 5) is 30.5. The predicted octanol–water partition coefficient (Wildman–Crippen LogP) is 2.58. The van der Waals surface area contributed by atoms with Gasteiger partial charge in [-0.15, -0.1) is 0 Å². The van der Waals surface area contributed by atoms with Crippen molar-refractivity contribution in [1.82, 2.24) is 15.2 Å². The van der Waals surface area contributed by atoms with E-state index in [9.17, 15) is 9.59 Å². The molecule has 0 saturated carbocycles. The molecule has 2 aromatic rings. The molecule has 0 radical (unpaired) electrons. The van der Waals surface area contributed by atoms with Crippen LogP contribution in [-0.2, 0) is 11.3 Å². The number of aryl methyl sites for hydroxylation is 1. The van der Waals surface area contributed by atoms with Gasteiger partial charge in [-0.1, -0.05) is 17.7 Å². The molecule has 6 nitrogen and oxygen atoms in total. The van der Waals surface area contributed by atoms with Crippen LogP contribution >= 0.6 is 11.8 Å². The van der Waals surface area contributed by atoms with Gasteiger partial charge < -0.3 is 9.73 Å². The molecule has 3 heterocycles. The maximum absolute atomic E-state index is 12.6. The Labute approximate surface area is 143 Å². The summed E-state index contributed by atoms with van der Waals surface area (Å²) in [6.45, 7) is 2.14. The van der Waals surface area contributed by atoms with Gasteiger partial charge in [0.2, 0.25) is 5.89 Å². The van der Waals surface area contributed by atoms with Gasteiger partial charge in [-0.3, -0.25) is 9.69 Å². The Bertz CT molecular complexity index is 794. The Kier molecular flexibility index (Phi) is 3.60. The lowest BCUT2D eigenvalue weighted by molar-refractivity contribution is -0.130. The third-order valence-electron chi connectivity index (χ3n) is 4.44. The number of amides is 3. The van der Waals surface area contributed by atoms with Gasteiger partial charge in [-0.25, -0.2) is 9.78 Å². The summed E-state index contributed by atoms with van der Waals surface area (Å²) in [5.41, 5.74) is 1.87. The van der Waals surface area contributed by atoms with Crippen LogP contribution in [0.2, 0.25) is 0 Å². The maximum atomic E-state index is 12.6. The summed E-state index contributed by atoms with van der Waals surface area (Å²) in [6, 6.07) is 7.49. The molecular weight excluding hydrogens is 326 g/mol. The van der Waals surface area contributed by atoms with Crippen LogP contribution in [0.5, 0.6) is 0 Å². The zero-order valence-corrected chi connectivity index (χ0v) is 14.1. The molecule has 4 rings (SSSR count). The standard InChI is InChI=1S/C17H17N3O3S/c1-11-2-4-12(5-3-11)14-18-13(9-23-14)8-20-15(21)17(19-16(20)22)6-7-24-10-17/h2-5,9H,6-8,10H2,1H3,(H,19,22). The van der Waals surface area contributed by atoms with Crippen LogP contribution in [0.25, 0.3) is 11.5 Å². The molecule has 1 unspecified atom stereocenters. The first-order valence-electron chi connectivity index (χ1n) is 7.81. The normalized spacial score (nSPS) is 23.3. The number of carbonyl (C=O) groups is 2. The van der Waals surface area contributed by atoms with Crippen molar-refractivity contribution in [2.24, 2.45) is 0 Å². The minimum absolute atomic E-state index is 0.131. The number of nitrogens with zero attached hydrogens (tertiary/aromatic N) is 2. The predicted molar refractivity (Wildman–Crippen MR) is 90.4 cm³/mol. The molecule has 1 N–H and O–H groups in total. The molecule has 0 bridgehead atoms. The molecule has 2 fully saturated rings. The van der Waals surface area contributed by atoms with Crippen molar-refractivity contribution in [3.05, 3.63) is 41.8 Å². The topological polar surface area (TPSA) is 75.4 Å². The van der Waals surface area contributed by atoms with E-state index in [0.717, 1.165) is 16.9 Å². The van der Waals surface area contributed by atoms with Gasteiger partial charge in [0.15, 0.2) is 0 Å². The summed E-state index contributed by atoms with van der Waals surface area (Å²) < 4.78 is 5.50. The average Bonchev–Trinajstić information content (AvgIpc) is 3.27. The molecular formula is C17H17N3O3S. The second-order valence-electron chi connectivity index (χ2n) is 6.22. The van der Waals surface area contributed by atoms with E-state index in [1.165, 1.54) is 11.2 Å². The molecule has 124 valence electrons. The fourth-order valence-electron chi connectivity index (χ4n) is 3.02. The highest BCUT2D eigenvalue weighted by molar-refractivity contribution is 7.99. The third kappa shape index (κ3) is 2.49. The Morgan fingerprint density at radius 1 is 1.33 bits per heavy atom. The lowest BCUT2D eigenvalue weighted by Gasteiger charge is -2.18. The van der Waals surface area contributed by atoms with Gasteiger partial charge in [0.05, 0.1) is 12.2 Å². The van der Waals surface area contributed by atoms with Crippen molar-refractivity contribution in [3.63, 3.8) is 0 Å². The molecule has 2 saturated heterocycles. The van der Waals surface area contributed by atoms with Crippen molar-refractivity contribution in [2.45, 2.75) is 25.4 Å². The number of hydrogen-bond acceptors (Lipinski definition) is 5. The average molecular weight is 343 g/mol. The van der Waals surface area contributed by atoms with Gasteiger partial charge in [-0.05, 0) is 31.2 Å². The molecule has 3 amide bonds. The second kappa shape index (κ2) is 5.66. The van der Waals surface area contributed by atoms with Crippen molar-refractivity contribution in [3.8, 4) is 11.5 Å². The number of urea groups is 1. The minimum atomic E-state index is -0.717. The number of rotatable bonds is 3. The number of benzene rings is 1. The monoisotopic (exact) mass is 343 g/mol. The second-order valence-corrected chi connectivity index (χ2v) is 7.32. The molecule has 1 spiro atoms. The van der Waals surface area contributed by atoms with E-state index in [0.29, 0.717) is 23.8 Å². The van der Waals surface area contributed by atoms with Gasteiger partial charge in [0.1, 0.15) is 11.8 Å². The quantitative estimate of drug-likeness (QED) is 0.867. The molecule has 1 aromatic heterocycles. The van der Waals surface area contributed by atoms with E-state index in [1.807, 2.05) is 31.2 Å². The Morgan fingerprint density at radius 2 is 2.12 bits per heavy atom. The lowest BCUT2D eigenvalue weighted by Crippen LogP contribution is -2.46. The summed E-state index contributed by atoms with van der Waals surface area (Å²) in [5.74, 6) is 1.86. The minimum Gasteiger partial charge on any atom is -0.444 e. The van der Waals surface area contributed by atoms with Crippen LogP contribution in [0, 0.1) is 6.92 Å². The van der Waals surface area contributed by atoms with Crippen molar-refractivity contribution < 1.29 is 14.0 Å². The van der Waals surface area contributed by atoms with Crippen LogP contribution in [0.3, 0.4) is 0 Å². The van der Waals surface area contributed by atoms with E-state index in [1.54, 1.807) is 11.8 Å². The fraction of sp³-hybridized carbons (Fsp3) is 0.353. The Balaban J connectivity index is 1.53. The van der Waals surface area contributed by atoms with Gasteiger partial charge in [0.25, 0.3) is 5.91 Å². The number of oxazole rings is 1. The SMILES string of the molecule is Cc1ccc(-c2nc(CN3C(=O)NC4(CCSC4)C3=O)co2)cc1. The molecule has 2 aliphatic rings. The van der Waals surface area contributed by atoms with E-state index in [4.69, 9.17) is 4.42 Å². The molecule has 2 aliphatic heterocycles. The number of nitrogens with one attached hydrogen (secondary N) is 1. The van der Waals surface area contributed by atoms with Crippen LogP contribution in [0.15, 0.2) is 34.9 Å². The van der Waals surface area contributed by atoms with Crippen molar-refractivity contribution >= 4 is 23.7 Å². The molecule has 24 heavy (non-hydrogen) atoms. The zero-order chi connectivity index (χ0) is 16.7. The Morgan fingerprint density at radius 3 is 2.83 bits per heavy atom. The number of thioether (sulfide) groups is 1. The van der Waals surface area contributed by atoms with Crippen LogP contribution in [-0.4, -0.2) is 38.9 Å². The number of carbonyl (C=O) groups excluding carboxylic acids is 2. The number of hydrogen-bond donors (Lipinski definition) is 1. The lowest BCUT2D eigenvalue weighted by atomic mass is 9.99. The number of imide groups is 1. The fourth-order valence-corrected chi connectivity index (χ4v) is 4.35. The summed E-state index contributed by atoms with van der Waals surface area (Å²) >= 11 is 1.69. The van der Waals surface area contributed by atoms with E-state index in [2.05, 4.69) is 10.3 Å². The third-order valence-corrected chi connectivity index (χ3v) is 5.63. The smallest absolute Gasteiger partial charge is 0.325 e. The van der Waals surface area contributed by atoms with Crippen LogP contribution in [0.4, 0.5) is 4.79 Å². The first-order valence-corrected chi connectivity index (χ1v) is 8.96. The molecule has 7 heteroatoms. The summed E-state index contributed by atoms with van der Waals surface area (Å²) in [5, 5.41) is 2.85. The molecule has 1 aromatic carbocycles. The van der Waals surface area contributed by atoms with Crippen LogP contribution < -0.4 is 5.32 Å². The summed E-state index contributed by atoms with van der Waals surface area (Å²) in [7, 11) is 0. The highest BCUT2D eigenvalue weighted by Crippen LogP contribution is 2.34. The number of aromatic nitrogens is 1. The van der Waals surface area contributed by atoms with Crippen LogP contribution in [0.1, 0.15) is 17.7 Å². The maximum Gasteiger partial charge on any atom is 0.325 e. The first kappa shape index (κ1) is 15.3. The largest absolute Gasteiger partial charge is 0.444 e. The van der Waals surface area contributed by atoms with E-state index in [-0.39, 0.29) is 18.5 Å². The highest BCUT2D eigenvalue weighted by Gasteiger charge is 2.52. The zero-order valence-electron chi connectivity index (χ0n) is 13.2. The Hall–Kier alpha value is -2.28. The van der Waals surface area contributed by atoms with Gasteiger partial charge in [-0.2, -0.15) is 11.8 Å². The molecule has 0 aliphatic carbocycles. The van der Waals surface area contributed by atoms with E-state index < -0.39 is 5.54 Å².